The number of carbonyl (C=O) groups is 1. The van der Waals surface area contributed by atoms with E-state index < -0.39 is 12.0 Å². The van der Waals surface area contributed by atoms with E-state index in [1.165, 1.54) is 0 Å². The molecule has 1 aliphatic heterocycles. The first-order valence-corrected chi connectivity index (χ1v) is 11.5. The molecule has 1 aliphatic rings. The van der Waals surface area contributed by atoms with Crippen LogP contribution in [-0.4, -0.2) is 42.8 Å². The van der Waals surface area contributed by atoms with Gasteiger partial charge in [0.05, 0.1) is 20.3 Å². The molecule has 2 unspecified atom stereocenters. The number of ether oxygens (including phenoxy) is 3. The van der Waals surface area contributed by atoms with Crippen LogP contribution in [0.5, 0.6) is 17.2 Å². The summed E-state index contributed by atoms with van der Waals surface area (Å²) in [5.41, 5.74) is 4.10. The summed E-state index contributed by atoms with van der Waals surface area (Å²) >= 11 is 0. The summed E-state index contributed by atoms with van der Waals surface area (Å²) in [6.45, 7) is 3.12. The highest BCUT2D eigenvalue weighted by Crippen LogP contribution is 2.44. The van der Waals surface area contributed by atoms with Gasteiger partial charge in [-0.2, -0.15) is 0 Å². The molecule has 2 atom stereocenters. The topological polar surface area (TPSA) is 68.2 Å². The van der Waals surface area contributed by atoms with Gasteiger partial charge in [0, 0.05) is 6.54 Å². The molecule has 0 radical (unpaired) electrons. The van der Waals surface area contributed by atoms with Gasteiger partial charge in [-0.1, -0.05) is 60.2 Å². The normalized spacial score (nSPS) is 16.7. The Bertz CT molecular complexity index is 1110. The van der Waals surface area contributed by atoms with Gasteiger partial charge in [-0.25, -0.2) is 0 Å². The van der Waals surface area contributed by atoms with Crippen LogP contribution in [0.25, 0.3) is 0 Å². The number of aryl methyl sites for hydroxylation is 1. The zero-order valence-corrected chi connectivity index (χ0v) is 19.9. The number of likely N-dealkylation sites (tertiary alicyclic amines) is 1. The molecule has 4 rings (SSSR count). The molecule has 0 spiro atoms. The van der Waals surface area contributed by atoms with Crippen molar-refractivity contribution in [2.75, 3.05) is 20.8 Å². The Labute approximate surface area is 200 Å². The molecular formula is C28H31NO5. The highest BCUT2D eigenvalue weighted by atomic mass is 16.5. The lowest BCUT2D eigenvalue weighted by Gasteiger charge is -2.33. The molecular weight excluding hydrogens is 430 g/mol. The second-order valence-electron chi connectivity index (χ2n) is 8.58. The van der Waals surface area contributed by atoms with Crippen molar-refractivity contribution in [1.82, 2.24) is 4.90 Å². The van der Waals surface area contributed by atoms with Crippen LogP contribution in [0.2, 0.25) is 0 Å². The lowest BCUT2D eigenvalue weighted by molar-refractivity contribution is -0.142. The first-order chi connectivity index (χ1) is 16.5. The Kier molecular flexibility index (Phi) is 7.38. The second-order valence-corrected chi connectivity index (χ2v) is 8.58. The molecule has 0 aliphatic carbocycles. The molecule has 178 valence electrons. The highest BCUT2D eigenvalue weighted by Gasteiger charge is 2.37. The number of carboxylic acid groups (broad SMARTS) is 1. The van der Waals surface area contributed by atoms with Gasteiger partial charge in [0.1, 0.15) is 12.6 Å². The van der Waals surface area contributed by atoms with E-state index in [2.05, 4.69) is 11.0 Å². The number of nitrogens with zero attached hydrogens (tertiary/aromatic N) is 1. The minimum absolute atomic E-state index is 0.255. The first kappa shape index (κ1) is 23.6. The summed E-state index contributed by atoms with van der Waals surface area (Å²) in [4.78, 5) is 14.1. The van der Waals surface area contributed by atoms with E-state index in [9.17, 15) is 9.90 Å². The van der Waals surface area contributed by atoms with Gasteiger partial charge in [0.2, 0.25) is 5.75 Å². The van der Waals surface area contributed by atoms with E-state index in [4.69, 9.17) is 14.2 Å². The maximum absolute atomic E-state index is 12.1. The fraction of sp³-hybridized carbons (Fsp3) is 0.321. The number of benzene rings is 3. The molecule has 0 bridgehead atoms. The van der Waals surface area contributed by atoms with Crippen LogP contribution in [0.15, 0.2) is 66.7 Å². The van der Waals surface area contributed by atoms with Crippen LogP contribution in [-0.2, 0) is 11.4 Å². The van der Waals surface area contributed by atoms with Gasteiger partial charge < -0.3 is 19.3 Å². The molecule has 1 fully saturated rings. The SMILES string of the molecule is COc1cc(C(c2cccc(C)c2)N2CCCC2C(=O)O)cc(OC)c1OCc1ccccc1. The Morgan fingerprint density at radius 1 is 1.00 bits per heavy atom. The molecule has 6 nitrogen and oxygen atoms in total. The van der Waals surface area contributed by atoms with Crippen LogP contribution in [0, 0.1) is 6.92 Å². The Hall–Kier alpha value is -3.51. The zero-order valence-electron chi connectivity index (χ0n) is 19.9. The fourth-order valence-corrected chi connectivity index (χ4v) is 4.71. The largest absolute Gasteiger partial charge is 0.493 e. The van der Waals surface area contributed by atoms with Crippen LogP contribution >= 0.6 is 0 Å². The summed E-state index contributed by atoms with van der Waals surface area (Å²) in [7, 11) is 3.21. The van der Waals surface area contributed by atoms with E-state index >= 15 is 0 Å². The average Bonchev–Trinajstić information content (AvgIpc) is 3.33. The fourth-order valence-electron chi connectivity index (χ4n) is 4.71. The molecule has 3 aromatic carbocycles. The Balaban J connectivity index is 1.77. The van der Waals surface area contributed by atoms with Gasteiger partial charge in [-0.3, -0.25) is 9.69 Å². The molecule has 0 amide bonds. The van der Waals surface area contributed by atoms with Crippen molar-refractivity contribution < 1.29 is 24.1 Å². The van der Waals surface area contributed by atoms with E-state index in [1.807, 2.05) is 67.6 Å². The van der Waals surface area contributed by atoms with Gasteiger partial charge >= 0.3 is 5.97 Å². The van der Waals surface area contributed by atoms with Crippen molar-refractivity contribution in [3.63, 3.8) is 0 Å². The van der Waals surface area contributed by atoms with Crippen molar-refractivity contribution >= 4 is 5.97 Å². The summed E-state index contributed by atoms with van der Waals surface area (Å²) in [6.07, 6.45) is 1.47. The Morgan fingerprint density at radius 3 is 2.32 bits per heavy atom. The van der Waals surface area contributed by atoms with E-state index in [0.717, 1.165) is 28.7 Å². The van der Waals surface area contributed by atoms with Gasteiger partial charge in [-0.15, -0.1) is 0 Å². The molecule has 0 aromatic heterocycles. The monoisotopic (exact) mass is 461 g/mol. The van der Waals surface area contributed by atoms with Gasteiger partial charge in [-0.05, 0) is 48.6 Å². The lowest BCUT2D eigenvalue weighted by Crippen LogP contribution is -2.39. The predicted octanol–water partition coefficient (Wildman–Crippen LogP) is 5.23. The summed E-state index contributed by atoms with van der Waals surface area (Å²) < 4.78 is 17.6. The number of hydrogen-bond acceptors (Lipinski definition) is 5. The van der Waals surface area contributed by atoms with Crippen LogP contribution < -0.4 is 14.2 Å². The van der Waals surface area contributed by atoms with Crippen molar-refractivity contribution in [2.45, 2.75) is 38.5 Å². The number of rotatable bonds is 9. The third kappa shape index (κ3) is 5.02. The van der Waals surface area contributed by atoms with E-state index in [1.54, 1.807) is 14.2 Å². The third-order valence-corrected chi connectivity index (χ3v) is 6.29. The first-order valence-electron chi connectivity index (χ1n) is 11.5. The smallest absolute Gasteiger partial charge is 0.320 e. The molecule has 1 N–H and O–H groups in total. The molecule has 34 heavy (non-hydrogen) atoms. The maximum atomic E-state index is 12.1. The average molecular weight is 462 g/mol. The third-order valence-electron chi connectivity index (χ3n) is 6.29. The molecule has 1 saturated heterocycles. The lowest BCUT2D eigenvalue weighted by atomic mass is 9.94. The molecule has 0 saturated carbocycles. The van der Waals surface area contributed by atoms with Crippen molar-refractivity contribution in [2.24, 2.45) is 0 Å². The van der Waals surface area contributed by atoms with Crippen LogP contribution in [0.4, 0.5) is 0 Å². The number of hydrogen-bond donors (Lipinski definition) is 1. The van der Waals surface area contributed by atoms with Gasteiger partial charge in [0.15, 0.2) is 11.5 Å². The zero-order chi connectivity index (χ0) is 24.1. The Morgan fingerprint density at radius 2 is 1.71 bits per heavy atom. The van der Waals surface area contributed by atoms with Gasteiger partial charge in [0.25, 0.3) is 0 Å². The predicted molar refractivity (Wildman–Crippen MR) is 131 cm³/mol. The minimum atomic E-state index is -0.795. The second kappa shape index (κ2) is 10.6. The number of methoxy groups -OCH3 is 2. The molecule has 6 heteroatoms. The van der Waals surface area contributed by atoms with Crippen molar-refractivity contribution in [3.05, 3.63) is 89.0 Å². The van der Waals surface area contributed by atoms with Crippen molar-refractivity contribution in [1.29, 1.82) is 0 Å². The number of aliphatic carboxylic acids is 1. The molecule has 1 heterocycles. The number of carboxylic acids is 1. The van der Waals surface area contributed by atoms with E-state index in [0.29, 0.717) is 36.8 Å². The summed E-state index contributed by atoms with van der Waals surface area (Å²) in [5, 5.41) is 9.89. The minimum Gasteiger partial charge on any atom is -0.493 e. The van der Waals surface area contributed by atoms with E-state index in [-0.39, 0.29) is 6.04 Å². The van der Waals surface area contributed by atoms with Crippen molar-refractivity contribution in [3.8, 4) is 17.2 Å². The quantitative estimate of drug-likeness (QED) is 0.471. The highest BCUT2D eigenvalue weighted by molar-refractivity contribution is 5.74. The standard InChI is InChI=1S/C28H31NO5/c1-19-9-7-12-21(15-19)26(29-14-8-13-23(29)28(30)31)22-16-24(32-2)27(25(17-22)33-3)34-18-20-10-5-4-6-11-20/h4-7,9-12,15-17,23,26H,8,13-14,18H2,1-3H3,(H,30,31). The van der Waals surface area contributed by atoms with Crippen LogP contribution in [0.3, 0.4) is 0 Å². The summed E-state index contributed by atoms with van der Waals surface area (Å²) in [5.74, 6) is 0.830. The van der Waals surface area contributed by atoms with Crippen LogP contribution in [0.1, 0.15) is 41.1 Å². The maximum Gasteiger partial charge on any atom is 0.320 e. The summed E-state index contributed by atoms with van der Waals surface area (Å²) in [6, 6.07) is 21.2. The molecule has 3 aromatic rings.